The van der Waals surface area contributed by atoms with Crippen LogP contribution in [0.25, 0.3) is 22.5 Å². The number of benzene rings is 3. The van der Waals surface area contributed by atoms with Crippen molar-refractivity contribution in [1.29, 1.82) is 0 Å². The molecule has 0 bridgehead atoms. The maximum absolute atomic E-state index is 12.5. The summed E-state index contributed by atoms with van der Waals surface area (Å²) in [5.74, 6) is 0.233. The van der Waals surface area contributed by atoms with Gasteiger partial charge in [-0.25, -0.2) is 4.98 Å². The van der Waals surface area contributed by atoms with Crippen LogP contribution in [0.4, 0.5) is 5.69 Å². The summed E-state index contributed by atoms with van der Waals surface area (Å²) in [6.07, 6.45) is 0. The number of carbonyl (C=O) groups is 1. The van der Waals surface area contributed by atoms with E-state index in [4.69, 9.17) is 4.98 Å². The molecule has 1 aromatic heterocycles. The molecule has 0 atom stereocenters. The first-order valence-corrected chi connectivity index (χ1v) is 10.8. The van der Waals surface area contributed by atoms with Gasteiger partial charge in [0.2, 0.25) is 5.91 Å². The lowest BCUT2D eigenvalue weighted by Crippen LogP contribution is -2.15. The molecule has 0 aliphatic heterocycles. The lowest BCUT2D eigenvalue weighted by atomic mass is 10.1. The zero-order chi connectivity index (χ0) is 20.9. The quantitative estimate of drug-likeness (QED) is 0.376. The monoisotopic (exact) mass is 413 g/mol. The Morgan fingerprint density at radius 1 is 0.933 bits per heavy atom. The number of nitrogens with one attached hydrogen (secondary N) is 2. The Balaban J connectivity index is 1.54. The number of nitrogens with zero attached hydrogens (tertiary/aromatic N) is 1. The number of hydrogen-bond acceptors (Lipinski definition) is 3. The third-order valence-corrected chi connectivity index (χ3v) is 5.67. The molecule has 1 heterocycles. The summed E-state index contributed by atoms with van der Waals surface area (Å²) in [7, 11) is 0. The molecule has 30 heavy (non-hydrogen) atoms. The van der Waals surface area contributed by atoms with Crippen molar-refractivity contribution in [3.05, 3.63) is 90.0 Å². The third-order valence-electron chi connectivity index (χ3n) is 4.80. The van der Waals surface area contributed by atoms with Gasteiger partial charge in [-0.1, -0.05) is 84.6 Å². The fourth-order valence-corrected chi connectivity index (χ4v) is 3.90. The van der Waals surface area contributed by atoms with Gasteiger partial charge in [0.25, 0.3) is 0 Å². The normalized spacial score (nSPS) is 10.7. The van der Waals surface area contributed by atoms with E-state index in [1.165, 1.54) is 11.8 Å². The fraction of sp³-hybridized carbons (Fsp3) is 0.120. The van der Waals surface area contributed by atoms with Crippen LogP contribution in [0.15, 0.2) is 84.0 Å². The van der Waals surface area contributed by atoms with Crippen LogP contribution in [0, 0.1) is 13.8 Å². The Kier molecular flexibility index (Phi) is 6.00. The van der Waals surface area contributed by atoms with Gasteiger partial charge in [0.15, 0.2) is 5.16 Å². The van der Waals surface area contributed by atoms with Gasteiger partial charge in [0.1, 0.15) is 0 Å². The van der Waals surface area contributed by atoms with Crippen molar-refractivity contribution >= 4 is 23.4 Å². The summed E-state index contributed by atoms with van der Waals surface area (Å²) in [6, 6.07) is 26.3. The van der Waals surface area contributed by atoms with Crippen molar-refractivity contribution in [2.24, 2.45) is 0 Å². The summed E-state index contributed by atoms with van der Waals surface area (Å²) in [4.78, 5) is 20.7. The van der Waals surface area contributed by atoms with E-state index in [1.54, 1.807) is 0 Å². The number of aryl methyl sites for hydroxylation is 2. The molecule has 5 heteroatoms. The second-order valence-corrected chi connectivity index (χ2v) is 8.12. The topological polar surface area (TPSA) is 57.8 Å². The molecule has 0 spiro atoms. The maximum atomic E-state index is 12.5. The van der Waals surface area contributed by atoms with E-state index < -0.39 is 0 Å². The SMILES string of the molecule is Cc1ccc(C)c(NC(=O)CSc2nc(-c3ccccc3)c(-c3ccccc3)[nH]2)c1. The highest BCUT2D eigenvalue weighted by atomic mass is 32.2. The van der Waals surface area contributed by atoms with Crippen LogP contribution in [0.3, 0.4) is 0 Å². The van der Waals surface area contributed by atoms with Gasteiger partial charge in [-0.15, -0.1) is 0 Å². The van der Waals surface area contributed by atoms with Gasteiger partial charge in [0.05, 0.1) is 17.1 Å². The Bertz CT molecular complexity index is 1100. The minimum atomic E-state index is -0.0485. The second-order valence-electron chi connectivity index (χ2n) is 7.15. The zero-order valence-corrected chi connectivity index (χ0v) is 17.8. The number of carbonyl (C=O) groups excluding carboxylic acids is 1. The molecule has 0 aliphatic rings. The number of aromatic amines is 1. The summed E-state index contributed by atoms with van der Waals surface area (Å²) in [5.41, 5.74) is 6.98. The van der Waals surface area contributed by atoms with E-state index in [1.807, 2.05) is 80.6 Å². The molecule has 0 saturated heterocycles. The van der Waals surface area contributed by atoms with E-state index in [2.05, 4.69) is 22.4 Å². The molecule has 4 nitrogen and oxygen atoms in total. The van der Waals surface area contributed by atoms with Crippen LogP contribution >= 0.6 is 11.8 Å². The van der Waals surface area contributed by atoms with Crippen molar-refractivity contribution in [1.82, 2.24) is 9.97 Å². The van der Waals surface area contributed by atoms with Gasteiger partial charge in [-0.3, -0.25) is 4.79 Å². The number of amides is 1. The minimum absolute atomic E-state index is 0.0485. The molecule has 0 radical (unpaired) electrons. The number of hydrogen-bond donors (Lipinski definition) is 2. The maximum Gasteiger partial charge on any atom is 0.234 e. The van der Waals surface area contributed by atoms with Crippen LogP contribution in [-0.4, -0.2) is 21.6 Å². The van der Waals surface area contributed by atoms with Crippen molar-refractivity contribution < 1.29 is 4.79 Å². The number of rotatable bonds is 6. The number of anilines is 1. The molecule has 2 N–H and O–H groups in total. The van der Waals surface area contributed by atoms with Gasteiger partial charge in [-0.05, 0) is 31.0 Å². The third kappa shape index (κ3) is 4.63. The van der Waals surface area contributed by atoms with Crippen molar-refractivity contribution in [3.63, 3.8) is 0 Å². The smallest absolute Gasteiger partial charge is 0.234 e. The first-order valence-electron chi connectivity index (χ1n) is 9.81. The van der Waals surface area contributed by atoms with Gasteiger partial charge >= 0.3 is 0 Å². The fourth-order valence-electron chi connectivity index (χ4n) is 3.23. The van der Waals surface area contributed by atoms with Crippen molar-refractivity contribution in [3.8, 4) is 22.5 Å². The van der Waals surface area contributed by atoms with E-state index in [0.29, 0.717) is 0 Å². The molecule has 4 rings (SSSR count). The molecule has 3 aromatic carbocycles. The summed E-state index contributed by atoms with van der Waals surface area (Å²) in [6.45, 7) is 4.01. The van der Waals surface area contributed by atoms with Crippen LogP contribution < -0.4 is 5.32 Å². The summed E-state index contributed by atoms with van der Waals surface area (Å²) < 4.78 is 0. The molecule has 0 saturated carbocycles. The second kappa shape index (κ2) is 9.01. The molecule has 4 aromatic rings. The van der Waals surface area contributed by atoms with E-state index >= 15 is 0 Å². The number of imidazole rings is 1. The van der Waals surface area contributed by atoms with E-state index in [9.17, 15) is 4.79 Å². The molecule has 0 unspecified atom stereocenters. The van der Waals surface area contributed by atoms with Gasteiger partial charge in [-0.2, -0.15) is 0 Å². The number of H-pyrrole nitrogens is 1. The molecular weight excluding hydrogens is 390 g/mol. The van der Waals surface area contributed by atoms with Gasteiger partial charge < -0.3 is 10.3 Å². The molecule has 0 fully saturated rings. The van der Waals surface area contributed by atoms with Crippen LogP contribution in [0.2, 0.25) is 0 Å². The highest BCUT2D eigenvalue weighted by molar-refractivity contribution is 7.99. The predicted octanol–water partition coefficient (Wildman–Crippen LogP) is 6.09. The Labute approximate surface area is 180 Å². The standard InChI is InChI=1S/C25H23N3OS/c1-17-13-14-18(2)21(15-17)26-22(29)16-30-25-27-23(19-9-5-3-6-10-19)24(28-25)20-11-7-4-8-12-20/h3-15H,16H2,1-2H3,(H,26,29)(H,27,28). The minimum Gasteiger partial charge on any atom is -0.332 e. The lowest BCUT2D eigenvalue weighted by Gasteiger charge is -2.08. The first kappa shape index (κ1) is 20.0. The van der Waals surface area contributed by atoms with Crippen LogP contribution in [-0.2, 0) is 4.79 Å². The predicted molar refractivity (Wildman–Crippen MR) is 125 cm³/mol. The Hall–Kier alpha value is -3.31. The van der Waals surface area contributed by atoms with E-state index in [0.717, 1.165) is 44.5 Å². The highest BCUT2D eigenvalue weighted by Crippen LogP contribution is 2.32. The van der Waals surface area contributed by atoms with Crippen molar-refractivity contribution in [2.75, 3.05) is 11.1 Å². The average Bonchev–Trinajstić information content (AvgIpc) is 3.20. The molecule has 0 aliphatic carbocycles. The largest absolute Gasteiger partial charge is 0.332 e. The first-order chi connectivity index (χ1) is 14.6. The van der Waals surface area contributed by atoms with Gasteiger partial charge in [0, 0.05) is 16.8 Å². The molecular formula is C25H23N3OS. The summed E-state index contributed by atoms with van der Waals surface area (Å²) in [5, 5.41) is 3.73. The van der Waals surface area contributed by atoms with Crippen molar-refractivity contribution in [2.45, 2.75) is 19.0 Å². The zero-order valence-electron chi connectivity index (χ0n) is 17.0. The Morgan fingerprint density at radius 3 is 2.30 bits per heavy atom. The van der Waals surface area contributed by atoms with Crippen LogP contribution in [0.1, 0.15) is 11.1 Å². The van der Waals surface area contributed by atoms with Crippen LogP contribution in [0.5, 0.6) is 0 Å². The molecule has 1 amide bonds. The lowest BCUT2D eigenvalue weighted by molar-refractivity contribution is -0.113. The van der Waals surface area contributed by atoms with E-state index in [-0.39, 0.29) is 11.7 Å². The molecule has 150 valence electrons. The highest BCUT2D eigenvalue weighted by Gasteiger charge is 2.15. The number of aromatic nitrogens is 2. The Morgan fingerprint density at radius 2 is 1.60 bits per heavy atom. The summed E-state index contributed by atoms with van der Waals surface area (Å²) >= 11 is 1.40. The average molecular weight is 414 g/mol. The number of thioether (sulfide) groups is 1.